The van der Waals surface area contributed by atoms with E-state index in [4.69, 9.17) is 4.74 Å². The Morgan fingerprint density at radius 2 is 2.38 bits per heavy atom. The number of nitrogens with one attached hydrogen (secondary N) is 1. The molecule has 0 amide bonds. The third kappa shape index (κ3) is 1.70. The minimum Gasteiger partial charge on any atom is -0.466 e. The van der Waals surface area contributed by atoms with Crippen molar-refractivity contribution < 1.29 is 9.53 Å². The maximum atomic E-state index is 11.4. The summed E-state index contributed by atoms with van der Waals surface area (Å²) in [5.74, 6) is 0.744. The van der Waals surface area contributed by atoms with Gasteiger partial charge in [-0.05, 0) is 32.2 Å². The maximum Gasteiger partial charge on any atom is 0.310 e. The van der Waals surface area contributed by atoms with Crippen molar-refractivity contribution in [3.8, 4) is 0 Å². The van der Waals surface area contributed by atoms with Crippen LogP contribution in [0.25, 0.3) is 0 Å². The summed E-state index contributed by atoms with van der Waals surface area (Å²) in [4.78, 5) is 11.4. The minimum absolute atomic E-state index is 0.00639. The molecule has 1 saturated heterocycles. The molecule has 1 saturated carbocycles. The standard InChI is InChI=1S/C10H17NO2/c1-2-13-10(12)8-7-5-3-4-6-11-9(7)8/h7-9,11H,2-6H2,1H3/t7-,8-,9-/m0/s1. The Morgan fingerprint density at radius 3 is 3.15 bits per heavy atom. The van der Waals surface area contributed by atoms with Crippen molar-refractivity contribution in [1.29, 1.82) is 0 Å². The molecule has 1 heterocycles. The average Bonchev–Trinajstić information content (AvgIpc) is 2.77. The van der Waals surface area contributed by atoms with Crippen molar-refractivity contribution in [1.82, 2.24) is 5.32 Å². The van der Waals surface area contributed by atoms with E-state index in [9.17, 15) is 4.79 Å². The van der Waals surface area contributed by atoms with Gasteiger partial charge in [-0.3, -0.25) is 4.79 Å². The Hall–Kier alpha value is -0.570. The number of carbonyl (C=O) groups is 1. The second-order valence-corrected chi connectivity index (χ2v) is 3.92. The molecule has 0 unspecified atom stereocenters. The SMILES string of the molecule is CCOC(=O)[C@H]1[C@@H]2CCCCN[C@@H]21. The lowest BCUT2D eigenvalue weighted by atomic mass is 10.1. The van der Waals surface area contributed by atoms with Crippen molar-refractivity contribution in [2.45, 2.75) is 32.2 Å². The van der Waals surface area contributed by atoms with E-state index in [0.29, 0.717) is 18.6 Å². The number of esters is 1. The quantitative estimate of drug-likeness (QED) is 0.647. The van der Waals surface area contributed by atoms with Gasteiger partial charge in [0.25, 0.3) is 0 Å². The first-order chi connectivity index (χ1) is 6.34. The van der Waals surface area contributed by atoms with Crippen LogP contribution in [-0.4, -0.2) is 25.2 Å². The summed E-state index contributed by atoms with van der Waals surface area (Å²) in [5, 5.41) is 3.41. The van der Waals surface area contributed by atoms with Crippen molar-refractivity contribution >= 4 is 5.97 Å². The molecule has 2 rings (SSSR count). The van der Waals surface area contributed by atoms with E-state index in [1.807, 2.05) is 6.92 Å². The Morgan fingerprint density at radius 1 is 1.54 bits per heavy atom. The monoisotopic (exact) mass is 183 g/mol. The van der Waals surface area contributed by atoms with Gasteiger partial charge in [0.05, 0.1) is 12.5 Å². The molecule has 2 fully saturated rings. The molecule has 0 aromatic heterocycles. The summed E-state index contributed by atoms with van der Waals surface area (Å²) in [6.45, 7) is 3.44. The fraction of sp³-hybridized carbons (Fsp3) is 0.900. The fourth-order valence-electron chi connectivity index (χ4n) is 2.34. The second-order valence-electron chi connectivity index (χ2n) is 3.92. The van der Waals surface area contributed by atoms with E-state index < -0.39 is 0 Å². The predicted molar refractivity (Wildman–Crippen MR) is 49.3 cm³/mol. The highest BCUT2D eigenvalue weighted by molar-refractivity contribution is 5.77. The lowest BCUT2D eigenvalue weighted by Gasteiger charge is -2.03. The van der Waals surface area contributed by atoms with Crippen LogP contribution in [0.15, 0.2) is 0 Å². The third-order valence-electron chi connectivity index (χ3n) is 3.07. The molecule has 1 aliphatic carbocycles. The zero-order valence-electron chi connectivity index (χ0n) is 8.08. The molecule has 13 heavy (non-hydrogen) atoms. The number of ether oxygens (including phenoxy) is 1. The van der Waals surface area contributed by atoms with Gasteiger partial charge in [-0.1, -0.05) is 6.42 Å². The van der Waals surface area contributed by atoms with Gasteiger partial charge in [-0.25, -0.2) is 0 Å². The fourth-order valence-corrected chi connectivity index (χ4v) is 2.34. The number of rotatable bonds is 2. The Kier molecular flexibility index (Phi) is 2.54. The molecule has 1 N–H and O–H groups in total. The normalized spacial score (nSPS) is 37.5. The van der Waals surface area contributed by atoms with Crippen molar-refractivity contribution in [3.63, 3.8) is 0 Å². The molecule has 1 aliphatic heterocycles. The van der Waals surface area contributed by atoms with Gasteiger partial charge in [0.1, 0.15) is 0 Å². The highest BCUT2D eigenvalue weighted by Crippen LogP contribution is 2.44. The van der Waals surface area contributed by atoms with E-state index in [-0.39, 0.29) is 11.9 Å². The summed E-state index contributed by atoms with van der Waals surface area (Å²) < 4.78 is 5.02. The largest absolute Gasteiger partial charge is 0.466 e. The summed E-state index contributed by atoms with van der Waals surface area (Å²) in [5.41, 5.74) is 0. The molecule has 0 radical (unpaired) electrons. The van der Waals surface area contributed by atoms with Crippen LogP contribution in [0.4, 0.5) is 0 Å². The molecule has 2 aliphatic rings. The molecule has 74 valence electrons. The molecule has 0 spiro atoms. The van der Waals surface area contributed by atoms with Gasteiger partial charge < -0.3 is 10.1 Å². The van der Waals surface area contributed by atoms with Gasteiger partial charge in [0.15, 0.2) is 0 Å². The Balaban J connectivity index is 1.87. The van der Waals surface area contributed by atoms with Gasteiger partial charge in [-0.15, -0.1) is 0 Å². The summed E-state index contributed by atoms with van der Waals surface area (Å²) in [6.07, 6.45) is 3.70. The first kappa shape index (κ1) is 9.00. The molecule has 3 atom stereocenters. The summed E-state index contributed by atoms with van der Waals surface area (Å²) >= 11 is 0. The Labute approximate surface area is 78.8 Å². The summed E-state index contributed by atoms with van der Waals surface area (Å²) in [6, 6.07) is 0.432. The van der Waals surface area contributed by atoms with Crippen molar-refractivity contribution in [3.05, 3.63) is 0 Å². The van der Waals surface area contributed by atoms with Crippen LogP contribution in [0.5, 0.6) is 0 Å². The topological polar surface area (TPSA) is 38.3 Å². The molecule has 0 aromatic rings. The maximum absolute atomic E-state index is 11.4. The number of hydrogen-bond acceptors (Lipinski definition) is 3. The minimum atomic E-state index is 0.00639. The first-order valence-electron chi connectivity index (χ1n) is 5.24. The molecule has 3 heteroatoms. The van der Waals surface area contributed by atoms with Crippen LogP contribution in [0, 0.1) is 11.8 Å². The summed E-state index contributed by atoms with van der Waals surface area (Å²) in [7, 11) is 0. The second kappa shape index (κ2) is 3.66. The van der Waals surface area contributed by atoms with E-state index >= 15 is 0 Å². The third-order valence-corrected chi connectivity index (χ3v) is 3.07. The number of hydrogen-bond donors (Lipinski definition) is 1. The molecule has 0 aromatic carbocycles. The molecule has 3 nitrogen and oxygen atoms in total. The number of carbonyl (C=O) groups excluding carboxylic acids is 1. The highest BCUT2D eigenvalue weighted by Gasteiger charge is 2.55. The smallest absolute Gasteiger partial charge is 0.310 e. The lowest BCUT2D eigenvalue weighted by Crippen LogP contribution is -2.22. The van der Waals surface area contributed by atoms with Gasteiger partial charge >= 0.3 is 5.97 Å². The lowest BCUT2D eigenvalue weighted by molar-refractivity contribution is -0.145. The van der Waals surface area contributed by atoms with Crippen LogP contribution >= 0.6 is 0 Å². The van der Waals surface area contributed by atoms with E-state index in [1.54, 1.807) is 0 Å². The zero-order chi connectivity index (χ0) is 9.26. The van der Waals surface area contributed by atoms with E-state index in [2.05, 4.69) is 5.32 Å². The zero-order valence-corrected chi connectivity index (χ0v) is 8.08. The molecular formula is C10H17NO2. The van der Waals surface area contributed by atoms with Crippen molar-refractivity contribution in [2.24, 2.45) is 11.8 Å². The Bertz CT molecular complexity index is 193. The highest BCUT2D eigenvalue weighted by atomic mass is 16.5. The molecular weight excluding hydrogens is 166 g/mol. The molecule has 0 bridgehead atoms. The van der Waals surface area contributed by atoms with Gasteiger partial charge in [0.2, 0.25) is 0 Å². The van der Waals surface area contributed by atoms with Crippen LogP contribution in [0.3, 0.4) is 0 Å². The van der Waals surface area contributed by atoms with Crippen LogP contribution < -0.4 is 5.32 Å². The first-order valence-corrected chi connectivity index (χ1v) is 5.24. The average molecular weight is 183 g/mol. The van der Waals surface area contributed by atoms with Crippen LogP contribution in [-0.2, 0) is 9.53 Å². The number of fused-ring (bicyclic) bond motifs is 1. The van der Waals surface area contributed by atoms with Crippen LogP contribution in [0.2, 0.25) is 0 Å². The predicted octanol–water partition coefficient (Wildman–Crippen LogP) is 0.938. The van der Waals surface area contributed by atoms with E-state index in [1.165, 1.54) is 19.3 Å². The van der Waals surface area contributed by atoms with Crippen LogP contribution in [0.1, 0.15) is 26.2 Å². The van der Waals surface area contributed by atoms with Crippen molar-refractivity contribution in [2.75, 3.05) is 13.2 Å². The van der Waals surface area contributed by atoms with E-state index in [0.717, 1.165) is 6.54 Å². The van der Waals surface area contributed by atoms with Gasteiger partial charge in [-0.2, -0.15) is 0 Å². The van der Waals surface area contributed by atoms with Gasteiger partial charge in [0, 0.05) is 6.04 Å².